The molecular formula is C15H17ClN2O3. The quantitative estimate of drug-likeness (QED) is 0.886. The summed E-state index contributed by atoms with van der Waals surface area (Å²) in [4.78, 5) is 4.15. The second kappa shape index (κ2) is 7.04. The van der Waals surface area contributed by atoms with Crippen LogP contribution < -0.4 is 19.5 Å². The molecule has 112 valence electrons. The smallest absolute Gasteiger partial charge is 0.212 e. The predicted octanol–water partition coefficient (Wildman–Crippen LogP) is 3.37. The van der Waals surface area contributed by atoms with Crippen molar-refractivity contribution in [3.05, 3.63) is 41.0 Å². The third kappa shape index (κ3) is 3.70. The molecule has 0 unspecified atom stereocenters. The van der Waals surface area contributed by atoms with Gasteiger partial charge in [0.15, 0.2) is 11.5 Å². The topological polar surface area (TPSA) is 52.6 Å². The zero-order valence-corrected chi connectivity index (χ0v) is 12.9. The van der Waals surface area contributed by atoms with Crippen molar-refractivity contribution in [2.75, 3.05) is 26.6 Å². The van der Waals surface area contributed by atoms with Crippen molar-refractivity contribution < 1.29 is 14.2 Å². The molecular weight excluding hydrogens is 292 g/mol. The first-order valence-corrected chi connectivity index (χ1v) is 6.70. The van der Waals surface area contributed by atoms with Crippen LogP contribution in [0.25, 0.3) is 0 Å². The summed E-state index contributed by atoms with van der Waals surface area (Å²) in [6.07, 6.45) is 1.75. The molecule has 21 heavy (non-hydrogen) atoms. The summed E-state index contributed by atoms with van der Waals surface area (Å²) in [7, 11) is 4.75. The molecule has 0 saturated heterocycles. The van der Waals surface area contributed by atoms with E-state index in [-0.39, 0.29) is 0 Å². The van der Waals surface area contributed by atoms with E-state index in [2.05, 4.69) is 10.3 Å². The highest BCUT2D eigenvalue weighted by Gasteiger charge is 2.09. The lowest BCUT2D eigenvalue weighted by atomic mass is 10.2. The van der Waals surface area contributed by atoms with E-state index in [1.807, 2.05) is 12.1 Å². The van der Waals surface area contributed by atoms with Crippen LogP contribution in [0.2, 0.25) is 5.02 Å². The van der Waals surface area contributed by atoms with Gasteiger partial charge in [0.1, 0.15) is 0 Å². The van der Waals surface area contributed by atoms with Crippen LogP contribution in [0, 0.1) is 0 Å². The zero-order valence-electron chi connectivity index (χ0n) is 12.1. The number of nitrogens with one attached hydrogen (secondary N) is 1. The van der Waals surface area contributed by atoms with Crippen molar-refractivity contribution >= 4 is 17.3 Å². The fourth-order valence-electron chi connectivity index (χ4n) is 1.82. The summed E-state index contributed by atoms with van der Waals surface area (Å²) in [5.41, 5.74) is 1.78. The molecule has 0 saturated carbocycles. The van der Waals surface area contributed by atoms with E-state index in [1.54, 1.807) is 39.7 Å². The molecule has 1 aromatic carbocycles. The van der Waals surface area contributed by atoms with Gasteiger partial charge in [-0.15, -0.1) is 0 Å². The highest BCUT2D eigenvalue weighted by molar-refractivity contribution is 6.33. The summed E-state index contributed by atoms with van der Waals surface area (Å²) < 4.78 is 15.5. The van der Waals surface area contributed by atoms with Gasteiger partial charge < -0.3 is 19.5 Å². The number of halogens is 1. The molecule has 0 spiro atoms. The maximum Gasteiger partial charge on any atom is 0.212 e. The average molecular weight is 309 g/mol. The van der Waals surface area contributed by atoms with E-state index in [0.717, 1.165) is 11.3 Å². The van der Waals surface area contributed by atoms with E-state index in [4.69, 9.17) is 25.8 Å². The number of anilines is 1. The number of rotatable bonds is 6. The van der Waals surface area contributed by atoms with Crippen LogP contribution in [-0.4, -0.2) is 26.3 Å². The summed E-state index contributed by atoms with van der Waals surface area (Å²) in [5.74, 6) is 1.80. The van der Waals surface area contributed by atoms with Crippen LogP contribution in [0.3, 0.4) is 0 Å². The number of methoxy groups -OCH3 is 3. The van der Waals surface area contributed by atoms with Crippen molar-refractivity contribution in [3.8, 4) is 17.4 Å². The molecule has 0 atom stereocenters. The second-order valence-corrected chi connectivity index (χ2v) is 4.66. The van der Waals surface area contributed by atoms with Gasteiger partial charge in [0.05, 0.1) is 32.0 Å². The Morgan fingerprint density at radius 2 is 1.76 bits per heavy atom. The van der Waals surface area contributed by atoms with Gasteiger partial charge in [-0.2, -0.15) is 0 Å². The molecule has 0 bridgehead atoms. The summed E-state index contributed by atoms with van der Waals surface area (Å²) in [5, 5.41) is 3.81. The Morgan fingerprint density at radius 1 is 1.05 bits per heavy atom. The Hall–Kier alpha value is -2.14. The molecule has 5 nitrogen and oxygen atoms in total. The van der Waals surface area contributed by atoms with Gasteiger partial charge >= 0.3 is 0 Å². The fraction of sp³-hybridized carbons (Fsp3) is 0.267. The molecule has 0 fully saturated rings. The lowest BCUT2D eigenvalue weighted by molar-refractivity contribution is 0.355. The Morgan fingerprint density at radius 3 is 2.33 bits per heavy atom. The van der Waals surface area contributed by atoms with Crippen molar-refractivity contribution in [2.24, 2.45) is 0 Å². The van der Waals surface area contributed by atoms with Crippen molar-refractivity contribution in [3.63, 3.8) is 0 Å². The number of hydrogen-bond acceptors (Lipinski definition) is 5. The van der Waals surface area contributed by atoms with Gasteiger partial charge in [0, 0.05) is 30.9 Å². The molecule has 2 rings (SSSR count). The molecule has 0 amide bonds. The highest BCUT2D eigenvalue weighted by Crippen LogP contribution is 2.36. The SMILES string of the molecule is COc1ccc(CNc2cc(OC)c(OC)cc2Cl)cn1. The molecule has 0 aliphatic rings. The standard InChI is InChI=1S/C15H17ClN2O3/c1-19-13-6-11(16)12(7-14(13)20-2)17-8-10-4-5-15(21-3)18-9-10/h4-7,9,17H,8H2,1-3H3. The van der Waals surface area contributed by atoms with Crippen molar-refractivity contribution in [2.45, 2.75) is 6.54 Å². The van der Waals surface area contributed by atoms with Crippen LogP contribution in [-0.2, 0) is 6.54 Å². The largest absolute Gasteiger partial charge is 0.493 e. The third-order valence-corrected chi connectivity index (χ3v) is 3.28. The molecule has 0 aliphatic carbocycles. The predicted molar refractivity (Wildman–Crippen MR) is 82.7 cm³/mol. The maximum atomic E-state index is 6.22. The van der Waals surface area contributed by atoms with E-state index >= 15 is 0 Å². The first kappa shape index (κ1) is 15.3. The van der Waals surface area contributed by atoms with Gasteiger partial charge in [0.25, 0.3) is 0 Å². The minimum atomic E-state index is 0.564. The van der Waals surface area contributed by atoms with Crippen LogP contribution in [0.15, 0.2) is 30.5 Å². The Labute approximate surface area is 128 Å². The average Bonchev–Trinajstić information content (AvgIpc) is 2.53. The minimum absolute atomic E-state index is 0.564. The maximum absolute atomic E-state index is 6.22. The Kier molecular flexibility index (Phi) is 5.11. The highest BCUT2D eigenvalue weighted by atomic mass is 35.5. The normalized spacial score (nSPS) is 10.1. The number of hydrogen-bond donors (Lipinski definition) is 1. The molecule has 1 heterocycles. The lowest BCUT2D eigenvalue weighted by Crippen LogP contribution is -2.02. The molecule has 6 heteroatoms. The van der Waals surface area contributed by atoms with Crippen molar-refractivity contribution in [1.29, 1.82) is 0 Å². The second-order valence-electron chi connectivity index (χ2n) is 4.25. The summed E-state index contributed by atoms with van der Waals surface area (Å²) in [6, 6.07) is 7.27. The molecule has 1 N–H and O–H groups in total. The molecule has 0 aliphatic heterocycles. The van der Waals surface area contributed by atoms with E-state index < -0.39 is 0 Å². The fourth-order valence-corrected chi connectivity index (χ4v) is 2.04. The van der Waals surface area contributed by atoms with Gasteiger partial charge in [-0.3, -0.25) is 0 Å². The van der Waals surface area contributed by atoms with Gasteiger partial charge in [-0.1, -0.05) is 17.7 Å². The van der Waals surface area contributed by atoms with Crippen LogP contribution in [0.5, 0.6) is 17.4 Å². The first-order valence-electron chi connectivity index (χ1n) is 6.32. The van der Waals surface area contributed by atoms with E-state index in [9.17, 15) is 0 Å². The zero-order chi connectivity index (χ0) is 15.2. The van der Waals surface area contributed by atoms with E-state index in [1.165, 1.54) is 0 Å². The number of benzene rings is 1. The number of ether oxygens (including phenoxy) is 3. The molecule has 2 aromatic rings. The number of nitrogens with zero attached hydrogens (tertiary/aromatic N) is 1. The van der Waals surface area contributed by atoms with Crippen LogP contribution in [0.4, 0.5) is 5.69 Å². The minimum Gasteiger partial charge on any atom is -0.493 e. The monoisotopic (exact) mass is 308 g/mol. The van der Waals surface area contributed by atoms with Crippen LogP contribution in [0.1, 0.15) is 5.56 Å². The summed E-state index contributed by atoms with van der Waals surface area (Å²) >= 11 is 6.22. The third-order valence-electron chi connectivity index (χ3n) is 2.96. The summed E-state index contributed by atoms with van der Waals surface area (Å²) in [6.45, 7) is 0.589. The number of pyridine rings is 1. The van der Waals surface area contributed by atoms with E-state index in [0.29, 0.717) is 28.9 Å². The first-order chi connectivity index (χ1) is 10.2. The van der Waals surface area contributed by atoms with Crippen LogP contribution >= 0.6 is 11.6 Å². The van der Waals surface area contributed by atoms with Gasteiger partial charge in [-0.25, -0.2) is 4.98 Å². The molecule has 0 radical (unpaired) electrons. The molecule has 1 aromatic heterocycles. The van der Waals surface area contributed by atoms with Gasteiger partial charge in [0.2, 0.25) is 5.88 Å². The Bertz CT molecular complexity index is 603. The van der Waals surface area contributed by atoms with Gasteiger partial charge in [-0.05, 0) is 5.56 Å². The Balaban J connectivity index is 2.11. The van der Waals surface area contributed by atoms with Crippen molar-refractivity contribution in [1.82, 2.24) is 4.98 Å². The number of aromatic nitrogens is 1. The lowest BCUT2D eigenvalue weighted by Gasteiger charge is -2.13.